The zero-order valence-corrected chi connectivity index (χ0v) is 12.1. The summed E-state index contributed by atoms with van der Waals surface area (Å²) in [6.07, 6.45) is 0. The summed E-state index contributed by atoms with van der Waals surface area (Å²) in [5.74, 6) is 0. The average Bonchev–Trinajstić information content (AvgIpc) is 2.61. The van der Waals surface area contributed by atoms with Gasteiger partial charge in [-0.15, -0.1) is 0 Å². The van der Waals surface area contributed by atoms with E-state index in [1.807, 2.05) is 60.7 Å². The first-order valence-electron chi connectivity index (χ1n) is 7.23. The Bertz CT molecular complexity index is 756. The van der Waals surface area contributed by atoms with Gasteiger partial charge in [-0.2, -0.15) is 5.26 Å². The van der Waals surface area contributed by atoms with E-state index in [0.29, 0.717) is 5.56 Å². The number of rotatable bonds is 4. The van der Waals surface area contributed by atoms with Crippen LogP contribution in [-0.2, 0) is 0 Å². The standard InChI is InChI=1S/C20H16N2/c21-15-16-11-13-18(14-12-16)20(17-7-3-1-4-8-17)22-19-9-5-2-6-10-19/h1-14,20,22H/t20-/m0/s1. The van der Waals surface area contributed by atoms with Gasteiger partial charge in [0.05, 0.1) is 17.7 Å². The first kappa shape index (κ1) is 13.9. The van der Waals surface area contributed by atoms with E-state index in [1.54, 1.807) is 0 Å². The highest BCUT2D eigenvalue weighted by Gasteiger charge is 2.13. The molecule has 22 heavy (non-hydrogen) atoms. The molecular weight excluding hydrogens is 268 g/mol. The summed E-state index contributed by atoms with van der Waals surface area (Å²) in [6, 6.07) is 30.4. The van der Waals surface area contributed by atoms with Crippen LogP contribution in [0.25, 0.3) is 0 Å². The van der Waals surface area contributed by atoms with Crippen LogP contribution in [0.15, 0.2) is 84.9 Å². The smallest absolute Gasteiger partial charge is 0.0991 e. The summed E-state index contributed by atoms with van der Waals surface area (Å²) in [5, 5.41) is 12.5. The molecule has 3 aromatic rings. The van der Waals surface area contributed by atoms with E-state index in [4.69, 9.17) is 5.26 Å². The van der Waals surface area contributed by atoms with Crippen molar-refractivity contribution in [2.45, 2.75) is 6.04 Å². The Kier molecular flexibility index (Phi) is 4.17. The molecule has 2 heteroatoms. The van der Waals surface area contributed by atoms with Gasteiger partial charge in [-0.3, -0.25) is 0 Å². The number of nitrogens with zero attached hydrogens (tertiary/aromatic N) is 1. The molecule has 1 atom stereocenters. The van der Waals surface area contributed by atoms with Gasteiger partial charge in [-0.1, -0.05) is 60.7 Å². The molecule has 0 aliphatic heterocycles. The number of nitriles is 1. The molecule has 0 saturated heterocycles. The molecule has 0 saturated carbocycles. The normalized spacial score (nSPS) is 11.4. The van der Waals surface area contributed by atoms with E-state index in [-0.39, 0.29) is 6.04 Å². The fourth-order valence-corrected chi connectivity index (χ4v) is 2.46. The molecule has 0 aromatic heterocycles. The van der Waals surface area contributed by atoms with Crippen molar-refractivity contribution in [3.63, 3.8) is 0 Å². The van der Waals surface area contributed by atoms with Crippen LogP contribution in [0.5, 0.6) is 0 Å². The van der Waals surface area contributed by atoms with Crippen molar-refractivity contribution in [3.05, 3.63) is 102 Å². The van der Waals surface area contributed by atoms with E-state index >= 15 is 0 Å². The molecular formula is C20H16N2. The van der Waals surface area contributed by atoms with E-state index < -0.39 is 0 Å². The number of hydrogen-bond acceptors (Lipinski definition) is 2. The Balaban J connectivity index is 1.97. The molecule has 0 aliphatic rings. The molecule has 0 fully saturated rings. The molecule has 3 aromatic carbocycles. The Morgan fingerprint density at radius 3 is 1.82 bits per heavy atom. The number of hydrogen-bond donors (Lipinski definition) is 1. The highest BCUT2D eigenvalue weighted by molar-refractivity contribution is 5.49. The maximum Gasteiger partial charge on any atom is 0.0991 e. The SMILES string of the molecule is N#Cc1ccc([C@@H](Nc2ccccc2)c2ccccc2)cc1. The number of anilines is 1. The molecule has 0 bridgehead atoms. The lowest BCUT2D eigenvalue weighted by molar-refractivity contribution is 0.939. The van der Waals surface area contributed by atoms with Crippen molar-refractivity contribution in [2.24, 2.45) is 0 Å². The predicted octanol–water partition coefficient (Wildman–Crippen LogP) is 4.76. The van der Waals surface area contributed by atoms with E-state index in [0.717, 1.165) is 11.3 Å². The maximum absolute atomic E-state index is 8.95. The molecule has 0 spiro atoms. The van der Waals surface area contributed by atoms with Crippen LogP contribution in [0.3, 0.4) is 0 Å². The minimum absolute atomic E-state index is 0.0522. The fourth-order valence-electron chi connectivity index (χ4n) is 2.46. The molecule has 3 rings (SSSR count). The first-order valence-corrected chi connectivity index (χ1v) is 7.23. The first-order chi connectivity index (χ1) is 10.9. The van der Waals surface area contributed by atoms with Crippen molar-refractivity contribution in [1.82, 2.24) is 0 Å². The van der Waals surface area contributed by atoms with Crippen LogP contribution >= 0.6 is 0 Å². The Hall–Kier alpha value is -3.05. The predicted molar refractivity (Wildman–Crippen MR) is 89.5 cm³/mol. The van der Waals surface area contributed by atoms with Gasteiger partial charge in [0.2, 0.25) is 0 Å². The Morgan fingerprint density at radius 2 is 1.23 bits per heavy atom. The highest BCUT2D eigenvalue weighted by atomic mass is 14.9. The quantitative estimate of drug-likeness (QED) is 0.749. The lowest BCUT2D eigenvalue weighted by atomic mass is 9.97. The van der Waals surface area contributed by atoms with Crippen LogP contribution < -0.4 is 5.32 Å². The van der Waals surface area contributed by atoms with Gasteiger partial charge in [0.25, 0.3) is 0 Å². The Morgan fingerprint density at radius 1 is 0.682 bits per heavy atom. The second-order valence-corrected chi connectivity index (χ2v) is 5.09. The highest BCUT2D eigenvalue weighted by Crippen LogP contribution is 2.26. The van der Waals surface area contributed by atoms with Crippen LogP contribution in [0, 0.1) is 11.3 Å². The van der Waals surface area contributed by atoms with Gasteiger partial charge >= 0.3 is 0 Å². The number of benzene rings is 3. The largest absolute Gasteiger partial charge is 0.374 e. The molecule has 1 N–H and O–H groups in total. The topological polar surface area (TPSA) is 35.8 Å². The molecule has 0 radical (unpaired) electrons. The minimum atomic E-state index is 0.0522. The van der Waals surface area contributed by atoms with Gasteiger partial charge in [0.15, 0.2) is 0 Å². The van der Waals surface area contributed by atoms with Gasteiger partial charge in [-0.25, -0.2) is 0 Å². The summed E-state index contributed by atoms with van der Waals surface area (Å²) < 4.78 is 0. The molecule has 2 nitrogen and oxygen atoms in total. The van der Waals surface area contributed by atoms with E-state index in [2.05, 4.69) is 35.7 Å². The molecule has 0 unspecified atom stereocenters. The van der Waals surface area contributed by atoms with Gasteiger partial charge in [0.1, 0.15) is 0 Å². The van der Waals surface area contributed by atoms with Crippen LogP contribution in [0.1, 0.15) is 22.7 Å². The van der Waals surface area contributed by atoms with Gasteiger partial charge in [0, 0.05) is 5.69 Å². The fraction of sp³-hybridized carbons (Fsp3) is 0.0500. The van der Waals surface area contributed by atoms with Crippen molar-refractivity contribution in [1.29, 1.82) is 5.26 Å². The molecule has 0 aliphatic carbocycles. The number of nitrogens with one attached hydrogen (secondary N) is 1. The van der Waals surface area contributed by atoms with Gasteiger partial charge < -0.3 is 5.32 Å². The van der Waals surface area contributed by atoms with Crippen LogP contribution in [-0.4, -0.2) is 0 Å². The van der Waals surface area contributed by atoms with E-state index in [1.165, 1.54) is 5.56 Å². The van der Waals surface area contributed by atoms with Crippen molar-refractivity contribution in [3.8, 4) is 6.07 Å². The molecule has 106 valence electrons. The number of para-hydroxylation sites is 1. The lowest BCUT2D eigenvalue weighted by Gasteiger charge is -2.21. The minimum Gasteiger partial charge on any atom is -0.374 e. The second kappa shape index (κ2) is 6.60. The maximum atomic E-state index is 8.95. The van der Waals surface area contributed by atoms with Crippen molar-refractivity contribution >= 4 is 5.69 Å². The monoisotopic (exact) mass is 284 g/mol. The summed E-state index contributed by atoms with van der Waals surface area (Å²) >= 11 is 0. The molecule has 0 amide bonds. The third-order valence-corrected chi connectivity index (χ3v) is 3.59. The molecule has 0 heterocycles. The average molecular weight is 284 g/mol. The third kappa shape index (κ3) is 3.16. The lowest BCUT2D eigenvalue weighted by Crippen LogP contribution is -2.12. The zero-order chi connectivity index (χ0) is 15.2. The Labute approximate surface area is 130 Å². The third-order valence-electron chi connectivity index (χ3n) is 3.59. The van der Waals surface area contributed by atoms with Crippen LogP contribution in [0.4, 0.5) is 5.69 Å². The summed E-state index contributed by atoms with van der Waals surface area (Å²) in [5.41, 5.74) is 4.07. The van der Waals surface area contributed by atoms with Crippen molar-refractivity contribution < 1.29 is 0 Å². The summed E-state index contributed by atoms with van der Waals surface area (Å²) in [6.45, 7) is 0. The second-order valence-electron chi connectivity index (χ2n) is 5.09. The zero-order valence-electron chi connectivity index (χ0n) is 12.1. The summed E-state index contributed by atoms with van der Waals surface area (Å²) in [7, 11) is 0. The van der Waals surface area contributed by atoms with Crippen molar-refractivity contribution in [2.75, 3.05) is 5.32 Å². The summed E-state index contributed by atoms with van der Waals surface area (Å²) in [4.78, 5) is 0. The van der Waals surface area contributed by atoms with Gasteiger partial charge in [-0.05, 0) is 35.4 Å². The van der Waals surface area contributed by atoms with E-state index in [9.17, 15) is 0 Å². The van der Waals surface area contributed by atoms with Crippen LogP contribution in [0.2, 0.25) is 0 Å².